The highest BCUT2D eigenvalue weighted by Gasteiger charge is 2.38. The van der Waals surface area contributed by atoms with E-state index in [0.717, 1.165) is 6.42 Å². The molecule has 1 aliphatic rings. The molecule has 0 aromatic heterocycles. The highest BCUT2D eigenvalue weighted by atomic mass is 16.4. The lowest BCUT2D eigenvalue weighted by atomic mass is 9.96. The summed E-state index contributed by atoms with van der Waals surface area (Å²) in [6.45, 7) is 7.34. The van der Waals surface area contributed by atoms with Crippen molar-refractivity contribution in [3.8, 4) is 0 Å². The standard InChI is InChI=1S/C11H20N2O3/c1-4-13-8(7-9(14)15)10(16)12-6-5-11(13,2)3/h8H,4-7H2,1-3H3,(H,12,16)(H,14,15). The van der Waals surface area contributed by atoms with Gasteiger partial charge in [0.1, 0.15) is 6.04 Å². The molecular weight excluding hydrogens is 208 g/mol. The van der Waals surface area contributed by atoms with Crippen LogP contribution < -0.4 is 5.32 Å². The van der Waals surface area contributed by atoms with E-state index in [4.69, 9.17) is 5.11 Å². The van der Waals surface area contributed by atoms with Gasteiger partial charge in [-0.3, -0.25) is 14.5 Å². The van der Waals surface area contributed by atoms with E-state index in [2.05, 4.69) is 5.32 Å². The smallest absolute Gasteiger partial charge is 0.305 e. The molecule has 92 valence electrons. The number of hydrogen-bond donors (Lipinski definition) is 2. The fraction of sp³-hybridized carbons (Fsp3) is 0.818. The summed E-state index contributed by atoms with van der Waals surface area (Å²) in [6, 6.07) is -0.556. The Kier molecular flexibility index (Phi) is 3.91. The van der Waals surface area contributed by atoms with Crippen molar-refractivity contribution in [1.29, 1.82) is 0 Å². The number of aliphatic carboxylic acids is 1. The number of nitrogens with zero attached hydrogens (tertiary/aromatic N) is 1. The maximum Gasteiger partial charge on any atom is 0.305 e. The predicted molar refractivity (Wildman–Crippen MR) is 60.1 cm³/mol. The summed E-state index contributed by atoms with van der Waals surface area (Å²) in [4.78, 5) is 24.6. The molecule has 1 amide bonds. The number of carboxylic acids is 1. The van der Waals surface area contributed by atoms with Gasteiger partial charge in [-0.1, -0.05) is 6.92 Å². The minimum Gasteiger partial charge on any atom is -0.481 e. The average Bonchev–Trinajstić information content (AvgIpc) is 2.24. The molecule has 1 rings (SSSR count). The van der Waals surface area contributed by atoms with E-state index in [0.29, 0.717) is 13.1 Å². The van der Waals surface area contributed by atoms with Gasteiger partial charge in [-0.25, -0.2) is 0 Å². The minimum absolute atomic E-state index is 0.136. The molecule has 1 heterocycles. The third kappa shape index (κ3) is 2.72. The van der Waals surface area contributed by atoms with Gasteiger partial charge in [0.05, 0.1) is 6.42 Å². The first kappa shape index (κ1) is 13.0. The lowest BCUT2D eigenvalue weighted by molar-refractivity contribution is -0.142. The zero-order valence-electron chi connectivity index (χ0n) is 10.1. The fourth-order valence-electron chi connectivity index (χ4n) is 2.33. The Labute approximate surface area is 95.8 Å². The Morgan fingerprint density at radius 1 is 1.62 bits per heavy atom. The molecule has 16 heavy (non-hydrogen) atoms. The van der Waals surface area contributed by atoms with E-state index in [9.17, 15) is 9.59 Å². The van der Waals surface area contributed by atoms with Gasteiger partial charge in [-0.15, -0.1) is 0 Å². The Morgan fingerprint density at radius 3 is 2.75 bits per heavy atom. The average molecular weight is 228 g/mol. The molecule has 0 aliphatic carbocycles. The number of carbonyl (C=O) groups is 2. The lowest BCUT2D eigenvalue weighted by Crippen LogP contribution is -2.53. The van der Waals surface area contributed by atoms with Crippen LogP contribution in [0.15, 0.2) is 0 Å². The summed E-state index contributed by atoms with van der Waals surface area (Å²) >= 11 is 0. The maximum absolute atomic E-state index is 11.8. The van der Waals surface area contributed by atoms with Crippen LogP contribution in [0.4, 0.5) is 0 Å². The van der Waals surface area contributed by atoms with Crippen molar-refractivity contribution in [1.82, 2.24) is 10.2 Å². The summed E-state index contributed by atoms with van der Waals surface area (Å²) in [5.41, 5.74) is -0.145. The molecule has 0 bridgehead atoms. The third-order valence-electron chi connectivity index (χ3n) is 3.20. The van der Waals surface area contributed by atoms with Crippen LogP contribution in [0.2, 0.25) is 0 Å². The summed E-state index contributed by atoms with van der Waals surface area (Å²) in [5.74, 6) is -1.11. The first-order valence-corrected chi connectivity index (χ1v) is 5.64. The SMILES string of the molecule is CCN1C(CC(=O)O)C(=O)NCCC1(C)C. The third-order valence-corrected chi connectivity index (χ3v) is 3.20. The number of carbonyl (C=O) groups excluding carboxylic acids is 1. The first-order valence-electron chi connectivity index (χ1n) is 5.64. The lowest BCUT2D eigenvalue weighted by Gasteiger charge is -2.39. The van der Waals surface area contributed by atoms with Gasteiger partial charge >= 0.3 is 5.97 Å². The van der Waals surface area contributed by atoms with Crippen LogP contribution >= 0.6 is 0 Å². The van der Waals surface area contributed by atoms with E-state index in [-0.39, 0.29) is 17.9 Å². The molecule has 0 radical (unpaired) electrons. The summed E-state index contributed by atoms with van der Waals surface area (Å²) in [7, 11) is 0. The number of rotatable bonds is 3. The second-order valence-electron chi connectivity index (χ2n) is 4.75. The Morgan fingerprint density at radius 2 is 2.25 bits per heavy atom. The topological polar surface area (TPSA) is 69.6 Å². The van der Waals surface area contributed by atoms with Crippen molar-refractivity contribution in [3.63, 3.8) is 0 Å². The summed E-state index contributed by atoms with van der Waals surface area (Å²) < 4.78 is 0. The van der Waals surface area contributed by atoms with Gasteiger partial charge in [0.25, 0.3) is 0 Å². The number of carboxylic acid groups (broad SMARTS) is 1. The van der Waals surface area contributed by atoms with E-state index >= 15 is 0 Å². The number of nitrogens with one attached hydrogen (secondary N) is 1. The molecule has 1 atom stereocenters. The maximum atomic E-state index is 11.8. The van der Waals surface area contributed by atoms with Crippen molar-refractivity contribution in [2.75, 3.05) is 13.1 Å². The van der Waals surface area contributed by atoms with Gasteiger partial charge < -0.3 is 10.4 Å². The minimum atomic E-state index is -0.934. The van der Waals surface area contributed by atoms with Crippen molar-refractivity contribution in [3.05, 3.63) is 0 Å². The summed E-state index contributed by atoms with van der Waals surface area (Å²) in [6.07, 6.45) is 0.700. The van der Waals surface area contributed by atoms with Crippen LogP contribution in [0.3, 0.4) is 0 Å². The number of likely N-dealkylation sites (N-methyl/N-ethyl adjacent to an activating group) is 1. The molecule has 2 N–H and O–H groups in total. The largest absolute Gasteiger partial charge is 0.481 e. The van der Waals surface area contributed by atoms with E-state index in [1.165, 1.54) is 0 Å². The monoisotopic (exact) mass is 228 g/mol. The summed E-state index contributed by atoms with van der Waals surface area (Å²) in [5, 5.41) is 11.6. The molecule has 5 heteroatoms. The van der Waals surface area contributed by atoms with Gasteiger partial charge in [0, 0.05) is 12.1 Å². The highest BCUT2D eigenvalue weighted by Crippen LogP contribution is 2.24. The van der Waals surface area contributed by atoms with Gasteiger partial charge in [-0.05, 0) is 26.8 Å². The van der Waals surface area contributed by atoms with Gasteiger partial charge in [-0.2, -0.15) is 0 Å². The van der Waals surface area contributed by atoms with Gasteiger partial charge in [0.15, 0.2) is 0 Å². The van der Waals surface area contributed by atoms with Crippen LogP contribution in [-0.4, -0.2) is 46.6 Å². The van der Waals surface area contributed by atoms with Crippen molar-refractivity contribution < 1.29 is 14.7 Å². The Balaban J connectivity index is 2.95. The van der Waals surface area contributed by atoms with Crippen molar-refractivity contribution >= 4 is 11.9 Å². The molecular formula is C11H20N2O3. The second kappa shape index (κ2) is 4.82. The molecule has 1 fully saturated rings. The Bertz CT molecular complexity index is 289. The molecule has 0 saturated carbocycles. The van der Waals surface area contributed by atoms with Crippen LogP contribution in [0.25, 0.3) is 0 Å². The van der Waals surface area contributed by atoms with E-state index in [1.54, 1.807) is 0 Å². The van der Waals surface area contributed by atoms with Crippen LogP contribution in [0, 0.1) is 0 Å². The fourth-order valence-corrected chi connectivity index (χ4v) is 2.33. The molecule has 0 aromatic rings. The molecule has 1 aliphatic heterocycles. The second-order valence-corrected chi connectivity index (χ2v) is 4.75. The number of hydrogen-bond acceptors (Lipinski definition) is 3. The van der Waals surface area contributed by atoms with Crippen LogP contribution in [0.1, 0.15) is 33.6 Å². The van der Waals surface area contributed by atoms with Crippen molar-refractivity contribution in [2.45, 2.75) is 45.2 Å². The molecule has 5 nitrogen and oxygen atoms in total. The van der Waals surface area contributed by atoms with Crippen LogP contribution in [-0.2, 0) is 9.59 Å². The number of amides is 1. The van der Waals surface area contributed by atoms with Gasteiger partial charge in [0.2, 0.25) is 5.91 Å². The highest BCUT2D eigenvalue weighted by molar-refractivity contribution is 5.86. The Hall–Kier alpha value is -1.10. The van der Waals surface area contributed by atoms with Crippen molar-refractivity contribution in [2.24, 2.45) is 0 Å². The predicted octanol–water partition coefficient (Wildman–Crippen LogP) is 0.450. The molecule has 1 saturated heterocycles. The normalized spacial score (nSPS) is 25.9. The zero-order valence-corrected chi connectivity index (χ0v) is 10.1. The van der Waals surface area contributed by atoms with Crippen LogP contribution in [0.5, 0.6) is 0 Å². The first-order chi connectivity index (χ1) is 7.38. The molecule has 0 spiro atoms. The van der Waals surface area contributed by atoms with E-state index < -0.39 is 12.0 Å². The zero-order chi connectivity index (χ0) is 12.3. The molecule has 0 aromatic carbocycles. The van der Waals surface area contributed by atoms with E-state index in [1.807, 2.05) is 25.7 Å². The quantitative estimate of drug-likeness (QED) is 0.736. The molecule has 1 unspecified atom stereocenters.